The first-order valence-electron chi connectivity index (χ1n) is 9.51. The Morgan fingerprint density at radius 2 is 1.90 bits per heavy atom. The lowest BCUT2D eigenvalue weighted by molar-refractivity contribution is 0.102. The zero-order chi connectivity index (χ0) is 21.7. The van der Waals surface area contributed by atoms with Crippen molar-refractivity contribution in [2.45, 2.75) is 31.2 Å². The van der Waals surface area contributed by atoms with Gasteiger partial charge in [0.2, 0.25) is 0 Å². The number of hydrogen-bond donors (Lipinski definition) is 1. The van der Waals surface area contributed by atoms with E-state index < -0.39 is 15.9 Å². The van der Waals surface area contributed by atoms with Gasteiger partial charge in [0.15, 0.2) is 0 Å². The summed E-state index contributed by atoms with van der Waals surface area (Å²) in [5.74, 6) is 0.0249. The summed E-state index contributed by atoms with van der Waals surface area (Å²) in [5.41, 5.74) is 0.584. The Morgan fingerprint density at radius 1 is 1.17 bits per heavy atom. The monoisotopic (exact) mass is 446 g/mol. The van der Waals surface area contributed by atoms with Crippen LogP contribution in [0.1, 0.15) is 30.1 Å². The molecule has 158 valence electrons. The summed E-state index contributed by atoms with van der Waals surface area (Å²) in [5, 5.41) is 7.13. The van der Waals surface area contributed by atoms with Crippen molar-refractivity contribution in [1.82, 2.24) is 9.78 Å². The van der Waals surface area contributed by atoms with E-state index in [1.165, 1.54) is 25.2 Å². The minimum Gasteiger partial charge on any atom is -0.307 e. The van der Waals surface area contributed by atoms with Crippen LogP contribution < -0.4 is 9.62 Å². The van der Waals surface area contributed by atoms with Crippen LogP contribution in [0.4, 0.5) is 11.5 Å². The van der Waals surface area contributed by atoms with Crippen LogP contribution in [0.3, 0.4) is 0 Å². The molecule has 1 amide bonds. The van der Waals surface area contributed by atoms with Crippen LogP contribution in [-0.4, -0.2) is 31.2 Å². The molecule has 1 heterocycles. The molecule has 9 heteroatoms. The van der Waals surface area contributed by atoms with Crippen molar-refractivity contribution in [1.29, 1.82) is 0 Å². The van der Waals surface area contributed by atoms with Crippen molar-refractivity contribution < 1.29 is 13.2 Å². The van der Waals surface area contributed by atoms with E-state index in [2.05, 4.69) is 17.3 Å². The van der Waals surface area contributed by atoms with E-state index in [1.807, 2.05) is 0 Å². The minimum absolute atomic E-state index is 0.0251. The lowest BCUT2D eigenvalue weighted by Gasteiger charge is -2.20. The summed E-state index contributed by atoms with van der Waals surface area (Å²) in [6.07, 6.45) is 3.52. The Hall–Kier alpha value is -2.84. The number of sulfonamides is 1. The van der Waals surface area contributed by atoms with Crippen LogP contribution in [-0.2, 0) is 16.6 Å². The summed E-state index contributed by atoms with van der Waals surface area (Å²) in [6.45, 7) is 2.74. The topological polar surface area (TPSA) is 84.3 Å². The van der Waals surface area contributed by atoms with Gasteiger partial charge in [-0.25, -0.2) is 13.1 Å². The van der Waals surface area contributed by atoms with Crippen molar-refractivity contribution in [3.8, 4) is 0 Å². The zero-order valence-corrected chi connectivity index (χ0v) is 18.3. The van der Waals surface area contributed by atoms with Gasteiger partial charge in [-0.3, -0.25) is 9.10 Å². The number of nitrogens with zero attached hydrogens (tertiary/aromatic N) is 3. The Bertz CT molecular complexity index is 1130. The fourth-order valence-electron chi connectivity index (χ4n) is 2.88. The summed E-state index contributed by atoms with van der Waals surface area (Å²) in [4.78, 5) is 12.8. The van der Waals surface area contributed by atoms with E-state index >= 15 is 0 Å². The van der Waals surface area contributed by atoms with E-state index in [4.69, 9.17) is 11.6 Å². The van der Waals surface area contributed by atoms with Crippen molar-refractivity contribution in [3.05, 3.63) is 71.4 Å². The highest BCUT2D eigenvalue weighted by Crippen LogP contribution is 2.26. The van der Waals surface area contributed by atoms with Crippen molar-refractivity contribution in [3.63, 3.8) is 0 Å². The fourth-order valence-corrected chi connectivity index (χ4v) is 4.31. The average Bonchev–Trinajstić information content (AvgIpc) is 3.19. The summed E-state index contributed by atoms with van der Waals surface area (Å²) < 4.78 is 28.9. The second-order valence-electron chi connectivity index (χ2n) is 6.70. The second kappa shape index (κ2) is 9.32. The normalized spacial score (nSPS) is 11.3. The molecular weight excluding hydrogens is 424 g/mol. The predicted molar refractivity (Wildman–Crippen MR) is 119 cm³/mol. The number of anilines is 2. The number of aryl methyl sites for hydroxylation is 1. The maximum atomic E-state index is 13.0. The van der Waals surface area contributed by atoms with Gasteiger partial charge in [0.1, 0.15) is 5.82 Å². The number of carbonyl (C=O) groups excluding carboxylic acids is 1. The summed E-state index contributed by atoms with van der Waals surface area (Å²) >= 11 is 6.21. The van der Waals surface area contributed by atoms with Gasteiger partial charge in [-0.2, -0.15) is 5.10 Å². The smallest absolute Gasteiger partial charge is 0.264 e. The first-order valence-corrected chi connectivity index (χ1v) is 11.3. The molecule has 0 spiro atoms. The summed E-state index contributed by atoms with van der Waals surface area (Å²) in [6, 6.07) is 14.5. The Labute approximate surface area is 181 Å². The number of benzene rings is 2. The van der Waals surface area contributed by atoms with Crippen LogP contribution in [0.25, 0.3) is 0 Å². The van der Waals surface area contributed by atoms with Crippen LogP contribution in [0, 0.1) is 0 Å². The van der Waals surface area contributed by atoms with Crippen LogP contribution in [0.2, 0.25) is 5.02 Å². The van der Waals surface area contributed by atoms with E-state index in [1.54, 1.807) is 47.3 Å². The first-order chi connectivity index (χ1) is 14.3. The van der Waals surface area contributed by atoms with E-state index in [-0.39, 0.29) is 15.5 Å². The molecule has 0 radical (unpaired) electrons. The Kier molecular flexibility index (Phi) is 6.79. The minimum atomic E-state index is -3.87. The third-order valence-corrected chi connectivity index (χ3v) is 6.75. The second-order valence-corrected chi connectivity index (χ2v) is 9.07. The molecule has 3 aromatic rings. The maximum Gasteiger partial charge on any atom is 0.264 e. The first kappa shape index (κ1) is 21.9. The molecule has 0 aliphatic rings. The highest BCUT2D eigenvalue weighted by Gasteiger charge is 2.24. The molecule has 0 saturated carbocycles. The van der Waals surface area contributed by atoms with Gasteiger partial charge < -0.3 is 5.32 Å². The van der Waals surface area contributed by atoms with Gasteiger partial charge >= 0.3 is 0 Å². The van der Waals surface area contributed by atoms with Gasteiger partial charge in [-0.15, -0.1) is 0 Å². The van der Waals surface area contributed by atoms with E-state index in [0.29, 0.717) is 18.1 Å². The van der Waals surface area contributed by atoms with Gasteiger partial charge in [0, 0.05) is 19.7 Å². The number of amides is 1. The number of halogens is 1. The Morgan fingerprint density at radius 3 is 2.60 bits per heavy atom. The molecule has 0 bridgehead atoms. The largest absolute Gasteiger partial charge is 0.307 e. The molecule has 0 aliphatic heterocycles. The molecule has 0 saturated heterocycles. The van der Waals surface area contributed by atoms with E-state index in [0.717, 1.165) is 17.1 Å². The molecule has 1 aromatic heterocycles. The molecule has 0 aliphatic carbocycles. The Balaban J connectivity index is 1.88. The molecule has 3 rings (SSSR count). The van der Waals surface area contributed by atoms with Crippen molar-refractivity contribution >= 4 is 39.0 Å². The molecule has 1 N–H and O–H groups in total. The standard InChI is InChI=1S/C21H23ClN4O3S/c1-3-4-14-26-20(12-13-23-26)24-21(27)18-15-17(10-11-19(18)22)30(28,29)25(2)16-8-6-5-7-9-16/h5-13,15H,3-4,14H2,1-2H3,(H,24,27). The van der Waals surface area contributed by atoms with E-state index in [9.17, 15) is 13.2 Å². The highest BCUT2D eigenvalue weighted by atomic mass is 35.5. The van der Waals surface area contributed by atoms with Gasteiger partial charge in [-0.1, -0.05) is 43.1 Å². The van der Waals surface area contributed by atoms with Crippen LogP contribution in [0.5, 0.6) is 0 Å². The lowest BCUT2D eigenvalue weighted by atomic mass is 10.2. The van der Waals surface area contributed by atoms with Gasteiger partial charge in [0.05, 0.1) is 27.4 Å². The number of para-hydroxylation sites is 1. The van der Waals surface area contributed by atoms with Gasteiger partial charge in [0.25, 0.3) is 15.9 Å². The number of aromatic nitrogens is 2. The molecule has 7 nitrogen and oxygen atoms in total. The molecule has 0 fully saturated rings. The SMILES string of the molecule is CCCCn1nccc1NC(=O)c1cc(S(=O)(=O)N(C)c2ccccc2)ccc1Cl. The molecule has 0 atom stereocenters. The molecule has 30 heavy (non-hydrogen) atoms. The maximum absolute atomic E-state index is 13.0. The number of rotatable bonds is 8. The van der Waals surface area contributed by atoms with Crippen LogP contribution >= 0.6 is 11.6 Å². The van der Waals surface area contributed by atoms with Crippen molar-refractivity contribution in [2.24, 2.45) is 0 Å². The lowest BCUT2D eigenvalue weighted by Crippen LogP contribution is -2.27. The number of hydrogen-bond acceptors (Lipinski definition) is 4. The third kappa shape index (κ3) is 4.66. The van der Waals surface area contributed by atoms with Gasteiger partial charge in [-0.05, 0) is 36.8 Å². The molecular formula is C21H23ClN4O3S. The number of carbonyl (C=O) groups is 1. The van der Waals surface area contributed by atoms with Crippen molar-refractivity contribution in [2.75, 3.05) is 16.7 Å². The third-order valence-electron chi connectivity index (χ3n) is 4.64. The average molecular weight is 447 g/mol. The quantitative estimate of drug-likeness (QED) is 0.555. The summed E-state index contributed by atoms with van der Waals surface area (Å²) in [7, 11) is -2.41. The highest BCUT2D eigenvalue weighted by molar-refractivity contribution is 7.92. The zero-order valence-electron chi connectivity index (χ0n) is 16.7. The van der Waals surface area contributed by atoms with Crippen LogP contribution in [0.15, 0.2) is 65.7 Å². The predicted octanol–water partition coefficient (Wildman–Crippen LogP) is 4.41. The fraction of sp³-hybridized carbons (Fsp3) is 0.238. The molecule has 0 unspecified atom stereocenters. The number of unbranched alkanes of at least 4 members (excludes halogenated alkanes) is 1. The number of nitrogens with one attached hydrogen (secondary N) is 1. The molecule has 2 aromatic carbocycles.